The highest BCUT2D eigenvalue weighted by atomic mass is 35.5. The molecule has 22 heavy (non-hydrogen) atoms. The standard InChI is InChI=1S/C15H23N5O.ClH/c1-19-7-9-20(10-8-19)12-4-5-14(17-11-12)18-15(21)13-3-2-6-16-13;/h4-5,11,13,16H,2-3,6-10H2,1H3,(H,17,18,21);1H. The summed E-state index contributed by atoms with van der Waals surface area (Å²) in [5.41, 5.74) is 1.13. The first-order valence-corrected chi connectivity index (χ1v) is 7.66. The van der Waals surface area contributed by atoms with Gasteiger partial charge in [-0.25, -0.2) is 4.98 Å². The Morgan fingerprint density at radius 3 is 2.68 bits per heavy atom. The number of piperazine rings is 1. The molecule has 1 unspecified atom stereocenters. The van der Waals surface area contributed by atoms with E-state index in [9.17, 15) is 4.79 Å². The van der Waals surface area contributed by atoms with E-state index in [0.717, 1.165) is 51.3 Å². The Morgan fingerprint density at radius 1 is 1.32 bits per heavy atom. The molecule has 1 amide bonds. The van der Waals surface area contributed by atoms with Crippen LogP contribution in [0.5, 0.6) is 0 Å². The van der Waals surface area contributed by atoms with Crippen molar-refractivity contribution in [2.75, 3.05) is 50.0 Å². The number of halogens is 1. The largest absolute Gasteiger partial charge is 0.368 e. The number of aromatic nitrogens is 1. The van der Waals surface area contributed by atoms with Crippen LogP contribution in [0, 0.1) is 0 Å². The van der Waals surface area contributed by atoms with Crippen LogP contribution in [-0.2, 0) is 4.79 Å². The van der Waals surface area contributed by atoms with Crippen LogP contribution in [0.25, 0.3) is 0 Å². The highest BCUT2D eigenvalue weighted by Crippen LogP contribution is 2.17. The molecule has 3 rings (SSSR count). The monoisotopic (exact) mass is 325 g/mol. The Bertz CT molecular complexity index is 481. The van der Waals surface area contributed by atoms with Crippen LogP contribution in [-0.4, -0.2) is 61.6 Å². The second kappa shape index (κ2) is 7.76. The molecule has 0 aromatic carbocycles. The van der Waals surface area contributed by atoms with Crippen molar-refractivity contribution in [1.82, 2.24) is 15.2 Å². The summed E-state index contributed by atoms with van der Waals surface area (Å²) >= 11 is 0. The van der Waals surface area contributed by atoms with Crippen molar-refractivity contribution >= 4 is 29.8 Å². The Balaban J connectivity index is 0.00000176. The fraction of sp³-hybridized carbons (Fsp3) is 0.600. The van der Waals surface area contributed by atoms with E-state index in [4.69, 9.17) is 0 Å². The second-order valence-corrected chi connectivity index (χ2v) is 5.83. The van der Waals surface area contributed by atoms with E-state index >= 15 is 0 Å². The molecule has 0 saturated carbocycles. The smallest absolute Gasteiger partial charge is 0.242 e. The van der Waals surface area contributed by atoms with E-state index in [2.05, 4.69) is 32.5 Å². The Labute approximate surface area is 137 Å². The van der Waals surface area contributed by atoms with Gasteiger partial charge in [0, 0.05) is 26.2 Å². The predicted octanol–water partition coefficient (Wildman–Crippen LogP) is 0.946. The molecule has 1 aromatic heterocycles. The van der Waals surface area contributed by atoms with Gasteiger partial charge in [-0.05, 0) is 38.6 Å². The van der Waals surface area contributed by atoms with Gasteiger partial charge < -0.3 is 20.4 Å². The van der Waals surface area contributed by atoms with E-state index < -0.39 is 0 Å². The minimum absolute atomic E-state index is 0. The van der Waals surface area contributed by atoms with Gasteiger partial charge in [0.05, 0.1) is 17.9 Å². The van der Waals surface area contributed by atoms with Crippen molar-refractivity contribution in [3.8, 4) is 0 Å². The molecule has 122 valence electrons. The molecule has 6 nitrogen and oxygen atoms in total. The fourth-order valence-electron chi connectivity index (χ4n) is 2.83. The molecule has 2 fully saturated rings. The number of hydrogen-bond donors (Lipinski definition) is 2. The van der Waals surface area contributed by atoms with Crippen LogP contribution in [0.4, 0.5) is 11.5 Å². The van der Waals surface area contributed by atoms with Crippen molar-refractivity contribution in [2.45, 2.75) is 18.9 Å². The molecular weight excluding hydrogens is 302 g/mol. The van der Waals surface area contributed by atoms with E-state index in [1.165, 1.54) is 0 Å². The van der Waals surface area contributed by atoms with Gasteiger partial charge >= 0.3 is 0 Å². The van der Waals surface area contributed by atoms with Crippen molar-refractivity contribution < 1.29 is 4.79 Å². The Morgan fingerprint density at radius 2 is 2.09 bits per heavy atom. The van der Waals surface area contributed by atoms with Crippen molar-refractivity contribution in [3.05, 3.63) is 18.3 Å². The lowest BCUT2D eigenvalue weighted by atomic mass is 10.2. The lowest BCUT2D eigenvalue weighted by molar-refractivity contribution is -0.117. The lowest BCUT2D eigenvalue weighted by Gasteiger charge is -2.33. The first-order valence-electron chi connectivity index (χ1n) is 7.66. The number of nitrogens with zero attached hydrogens (tertiary/aromatic N) is 3. The summed E-state index contributed by atoms with van der Waals surface area (Å²) in [7, 11) is 2.14. The molecule has 7 heteroatoms. The molecule has 1 aromatic rings. The van der Waals surface area contributed by atoms with Gasteiger partial charge in [0.25, 0.3) is 0 Å². The van der Waals surface area contributed by atoms with Gasteiger partial charge in [-0.15, -0.1) is 12.4 Å². The second-order valence-electron chi connectivity index (χ2n) is 5.83. The summed E-state index contributed by atoms with van der Waals surface area (Å²) in [5, 5.41) is 6.07. The summed E-state index contributed by atoms with van der Waals surface area (Å²) in [4.78, 5) is 21.0. The van der Waals surface area contributed by atoms with E-state index in [1.807, 2.05) is 18.3 Å². The average Bonchev–Trinajstić information content (AvgIpc) is 3.03. The fourth-order valence-corrected chi connectivity index (χ4v) is 2.83. The van der Waals surface area contributed by atoms with E-state index in [0.29, 0.717) is 5.82 Å². The SMILES string of the molecule is CN1CCN(c2ccc(NC(=O)C3CCCN3)nc2)CC1.Cl. The molecule has 0 radical (unpaired) electrons. The highest BCUT2D eigenvalue weighted by Gasteiger charge is 2.22. The number of likely N-dealkylation sites (N-methyl/N-ethyl adjacent to an activating group) is 1. The van der Waals surface area contributed by atoms with Gasteiger partial charge in [0.1, 0.15) is 5.82 Å². The number of amides is 1. The number of anilines is 2. The van der Waals surface area contributed by atoms with Gasteiger partial charge in [-0.3, -0.25) is 4.79 Å². The van der Waals surface area contributed by atoms with Gasteiger partial charge in [0.15, 0.2) is 0 Å². The van der Waals surface area contributed by atoms with Gasteiger partial charge in [-0.2, -0.15) is 0 Å². The minimum Gasteiger partial charge on any atom is -0.368 e. The Hall–Kier alpha value is -1.37. The zero-order valence-corrected chi connectivity index (χ0v) is 13.7. The highest BCUT2D eigenvalue weighted by molar-refractivity contribution is 5.94. The normalized spacial score (nSPS) is 22.2. The lowest BCUT2D eigenvalue weighted by Crippen LogP contribution is -2.44. The van der Waals surface area contributed by atoms with Crippen molar-refractivity contribution in [3.63, 3.8) is 0 Å². The van der Waals surface area contributed by atoms with E-state index in [-0.39, 0.29) is 24.4 Å². The summed E-state index contributed by atoms with van der Waals surface area (Å²) in [6.45, 7) is 5.12. The number of hydrogen-bond acceptors (Lipinski definition) is 5. The Kier molecular flexibility index (Phi) is 5.99. The van der Waals surface area contributed by atoms with Gasteiger partial charge in [0.2, 0.25) is 5.91 Å². The molecule has 2 aliphatic heterocycles. The molecule has 0 bridgehead atoms. The van der Waals surface area contributed by atoms with Gasteiger partial charge in [-0.1, -0.05) is 0 Å². The summed E-state index contributed by atoms with van der Waals surface area (Å²) < 4.78 is 0. The van der Waals surface area contributed by atoms with Crippen LogP contribution in [0.15, 0.2) is 18.3 Å². The maximum absolute atomic E-state index is 12.0. The first kappa shape index (κ1) is 17.0. The zero-order valence-electron chi connectivity index (χ0n) is 12.9. The van der Waals surface area contributed by atoms with Crippen LogP contribution in [0.2, 0.25) is 0 Å². The number of pyridine rings is 1. The summed E-state index contributed by atoms with van der Waals surface area (Å²) in [6.07, 6.45) is 3.82. The van der Waals surface area contributed by atoms with Crippen LogP contribution >= 0.6 is 12.4 Å². The van der Waals surface area contributed by atoms with Crippen LogP contribution in [0.1, 0.15) is 12.8 Å². The molecular formula is C15H24ClN5O. The summed E-state index contributed by atoms with van der Waals surface area (Å²) in [5.74, 6) is 0.652. The number of carbonyl (C=O) groups excluding carboxylic acids is 1. The topological polar surface area (TPSA) is 60.5 Å². The average molecular weight is 326 g/mol. The minimum atomic E-state index is -0.0656. The maximum Gasteiger partial charge on any atom is 0.242 e. The van der Waals surface area contributed by atoms with E-state index in [1.54, 1.807) is 0 Å². The maximum atomic E-state index is 12.0. The van der Waals surface area contributed by atoms with Crippen LogP contribution in [0.3, 0.4) is 0 Å². The number of nitrogens with one attached hydrogen (secondary N) is 2. The quantitative estimate of drug-likeness (QED) is 0.866. The number of carbonyl (C=O) groups is 1. The predicted molar refractivity (Wildman–Crippen MR) is 90.8 cm³/mol. The molecule has 0 spiro atoms. The van der Waals surface area contributed by atoms with Crippen LogP contribution < -0.4 is 15.5 Å². The third-order valence-corrected chi connectivity index (χ3v) is 4.24. The number of rotatable bonds is 3. The molecule has 2 saturated heterocycles. The molecule has 0 aliphatic carbocycles. The summed E-state index contributed by atoms with van der Waals surface area (Å²) in [6, 6.07) is 3.86. The third-order valence-electron chi connectivity index (χ3n) is 4.24. The molecule has 3 heterocycles. The molecule has 1 atom stereocenters. The van der Waals surface area contributed by atoms with Crippen molar-refractivity contribution in [1.29, 1.82) is 0 Å². The van der Waals surface area contributed by atoms with Crippen molar-refractivity contribution in [2.24, 2.45) is 0 Å². The molecule has 2 N–H and O–H groups in total. The third kappa shape index (κ3) is 4.09. The first-order chi connectivity index (χ1) is 10.2. The molecule has 2 aliphatic rings. The zero-order chi connectivity index (χ0) is 14.7.